The number of carbonyl (C=O) groups is 2. The zero-order valence-electron chi connectivity index (χ0n) is 15.1. The summed E-state index contributed by atoms with van der Waals surface area (Å²) in [5.74, 6) is 0.697. The summed E-state index contributed by atoms with van der Waals surface area (Å²) in [4.78, 5) is 24.0. The first-order valence-corrected chi connectivity index (χ1v) is 8.75. The van der Waals surface area contributed by atoms with Crippen LogP contribution in [0.15, 0.2) is 48.5 Å². The van der Waals surface area contributed by atoms with Crippen LogP contribution in [0.2, 0.25) is 5.02 Å². The number of hydrogen-bond acceptors (Lipinski definition) is 3. The Morgan fingerprint density at radius 3 is 2.27 bits per heavy atom. The fraction of sp³-hybridized carbons (Fsp3) is 0.300. The maximum absolute atomic E-state index is 12.2. The third kappa shape index (κ3) is 5.77. The summed E-state index contributed by atoms with van der Waals surface area (Å²) >= 11 is 6.11. The summed E-state index contributed by atoms with van der Waals surface area (Å²) in [7, 11) is 0. The Morgan fingerprint density at radius 2 is 1.62 bits per heavy atom. The van der Waals surface area contributed by atoms with Gasteiger partial charge in [-0.05, 0) is 24.3 Å². The van der Waals surface area contributed by atoms with Crippen LogP contribution in [0.1, 0.15) is 27.2 Å². The van der Waals surface area contributed by atoms with Gasteiger partial charge < -0.3 is 15.4 Å². The second-order valence-corrected chi connectivity index (χ2v) is 7.24. The van der Waals surface area contributed by atoms with Crippen molar-refractivity contribution in [2.75, 3.05) is 11.9 Å². The molecule has 6 heteroatoms. The lowest BCUT2D eigenvalue weighted by Gasteiger charge is -2.17. The van der Waals surface area contributed by atoms with Gasteiger partial charge >= 0.3 is 0 Å². The molecule has 0 aliphatic carbocycles. The zero-order valence-corrected chi connectivity index (χ0v) is 15.9. The average molecular weight is 375 g/mol. The molecule has 2 rings (SSSR count). The standard InChI is InChI=1S/C20H23ClN2O3/c1-20(2,3)19(25)22-13-12-18(24)23-15-9-5-7-11-17(15)26-16-10-6-4-8-14(16)21/h4-11H,12-13H2,1-3H3,(H,22,25)(H,23,24). The molecule has 138 valence electrons. The topological polar surface area (TPSA) is 67.4 Å². The van der Waals surface area contributed by atoms with Crippen LogP contribution in [0.25, 0.3) is 0 Å². The molecule has 0 spiro atoms. The van der Waals surface area contributed by atoms with Gasteiger partial charge in [-0.25, -0.2) is 0 Å². The first-order valence-electron chi connectivity index (χ1n) is 8.37. The molecule has 0 fully saturated rings. The number of ether oxygens (including phenoxy) is 1. The van der Waals surface area contributed by atoms with Crippen LogP contribution >= 0.6 is 11.6 Å². The van der Waals surface area contributed by atoms with E-state index in [1.54, 1.807) is 30.3 Å². The number of benzene rings is 2. The highest BCUT2D eigenvalue weighted by Gasteiger charge is 2.20. The van der Waals surface area contributed by atoms with E-state index < -0.39 is 5.41 Å². The average Bonchev–Trinajstić information content (AvgIpc) is 2.57. The van der Waals surface area contributed by atoms with Gasteiger partial charge in [0.1, 0.15) is 5.75 Å². The van der Waals surface area contributed by atoms with Gasteiger partial charge in [0.05, 0.1) is 10.7 Å². The predicted molar refractivity (Wildman–Crippen MR) is 104 cm³/mol. The van der Waals surface area contributed by atoms with Gasteiger partial charge in [0.25, 0.3) is 0 Å². The van der Waals surface area contributed by atoms with Gasteiger partial charge in [0.15, 0.2) is 5.75 Å². The summed E-state index contributed by atoms with van der Waals surface area (Å²) < 4.78 is 5.81. The number of hydrogen-bond donors (Lipinski definition) is 2. The van der Waals surface area contributed by atoms with Crippen molar-refractivity contribution in [1.29, 1.82) is 0 Å². The van der Waals surface area contributed by atoms with Crippen LogP contribution in [0.3, 0.4) is 0 Å². The molecule has 0 atom stereocenters. The normalized spacial score (nSPS) is 10.9. The van der Waals surface area contributed by atoms with Crippen molar-refractivity contribution in [1.82, 2.24) is 5.32 Å². The van der Waals surface area contributed by atoms with Crippen LogP contribution in [-0.4, -0.2) is 18.4 Å². The molecule has 0 aliphatic heterocycles. The number of nitrogens with one attached hydrogen (secondary N) is 2. The third-order valence-electron chi connectivity index (χ3n) is 3.54. The van der Waals surface area contributed by atoms with E-state index in [1.165, 1.54) is 0 Å². The number of carbonyl (C=O) groups excluding carboxylic acids is 2. The van der Waals surface area contributed by atoms with Crippen molar-refractivity contribution in [3.63, 3.8) is 0 Å². The molecule has 5 nitrogen and oxygen atoms in total. The highest BCUT2D eigenvalue weighted by molar-refractivity contribution is 6.32. The molecule has 2 aromatic rings. The molecule has 2 aromatic carbocycles. The zero-order chi connectivity index (χ0) is 19.2. The fourth-order valence-electron chi connectivity index (χ4n) is 2.07. The lowest BCUT2D eigenvalue weighted by molar-refractivity contribution is -0.128. The van der Waals surface area contributed by atoms with Crippen LogP contribution < -0.4 is 15.4 Å². The molecular formula is C20H23ClN2O3. The SMILES string of the molecule is CC(C)(C)C(=O)NCCC(=O)Nc1ccccc1Oc1ccccc1Cl. The van der Waals surface area contributed by atoms with Crippen molar-refractivity contribution in [2.45, 2.75) is 27.2 Å². The van der Waals surface area contributed by atoms with Crippen molar-refractivity contribution in [2.24, 2.45) is 5.41 Å². The van der Waals surface area contributed by atoms with Gasteiger partial charge in [0, 0.05) is 18.4 Å². The summed E-state index contributed by atoms with van der Waals surface area (Å²) in [6.07, 6.45) is 0.169. The first-order chi connectivity index (χ1) is 12.3. The van der Waals surface area contributed by atoms with Crippen LogP contribution in [-0.2, 0) is 9.59 Å². The molecule has 0 saturated heterocycles. The molecule has 2 amide bonds. The molecule has 2 N–H and O–H groups in total. The summed E-state index contributed by atoms with van der Waals surface area (Å²) in [6, 6.07) is 14.2. The van der Waals surface area contributed by atoms with E-state index in [4.69, 9.17) is 16.3 Å². The summed E-state index contributed by atoms with van der Waals surface area (Å²) in [6.45, 7) is 5.75. The monoisotopic (exact) mass is 374 g/mol. The van der Waals surface area contributed by atoms with Crippen molar-refractivity contribution in [3.8, 4) is 11.5 Å². The van der Waals surface area contributed by atoms with E-state index in [0.717, 1.165) is 0 Å². The molecule has 26 heavy (non-hydrogen) atoms. The molecule has 0 heterocycles. The van der Waals surface area contributed by atoms with Crippen LogP contribution in [0.5, 0.6) is 11.5 Å². The van der Waals surface area contributed by atoms with E-state index >= 15 is 0 Å². The van der Waals surface area contributed by atoms with E-state index in [-0.39, 0.29) is 24.8 Å². The molecule has 0 unspecified atom stereocenters. The molecule has 0 aromatic heterocycles. The minimum Gasteiger partial charge on any atom is -0.454 e. The van der Waals surface area contributed by atoms with Crippen molar-refractivity contribution in [3.05, 3.63) is 53.6 Å². The number of para-hydroxylation sites is 3. The van der Waals surface area contributed by atoms with E-state index in [0.29, 0.717) is 22.2 Å². The smallest absolute Gasteiger partial charge is 0.226 e. The van der Waals surface area contributed by atoms with E-state index in [1.807, 2.05) is 39.0 Å². The number of halogens is 1. The predicted octanol–water partition coefficient (Wildman–Crippen LogP) is 4.62. The Balaban J connectivity index is 1.96. The van der Waals surface area contributed by atoms with Gasteiger partial charge in [-0.2, -0.15) is 0 Å². The third-order valence-corrected chi connectivity index (χ3v) is 3.85. The molecule has 0 saturated carbocycles. The minimum atomic E-state index is -0.480. The van der Waals surface area contributed by atoms with E-state index in [9.17, 15) is 9.59 Å². The van der Waals surface area contributed by atoms with Crippen molar-refractivity contribution < 1.29 is 14.3 Å². The highest BCUT2D eigenvalue weighted by atomic mass is 35.5. The Labute approximate surface area is 158 Å². The number of anilines is 1. The molecule has 0 radical (unpaired) electrons. The summed E-state index contributed by atoms with van der Waals surface area (Å²) in [5.41, 5.74) is 0.0610. The Kier molecular flexibility index (Phi) is 6.64. The van der Waals surface area contributed by atoms with Crippen molar-refractivity contribution >= 4 is 29.1 Å². The fourth-order valence-corrected chi connectivity index (χ4v) is 2.25. The van der Waals surface area contributed by atoms with Gasteiger partial charge in [0.2, 0.25) is 11.8 Å². The van der Waals surface area contributed by atoms with Crippen LogP contribution in [0.4, 0.5) is 5.69 Å². The second kappa shape index (κ2) is 8.72. The number of rotatable bonds is 6. The lowest BCUT2D eigenvalue weighted by atomic mass is 9.96. The molecular weight excluding hydrogens is 352 g/mol. The Hall–Kier alpha value is -2.53. The van der Waals surface area contributed by atoms with Gasteiger partial charge in [-0.1, -0.05) is 56.6 Å². The van der Waals surface area contributed by atoms with Gasteiger partial charge in [-0.3, -0.25) is 9.59 Å². The highest BCUT2D eigenvalue weighted by Crippen LogP contribution is 2.33. The van der Waals surface area contributed by atoms with Gasteiger partial charge in [-0.15, -0.1) is 0 Å². The van der Waals surface area contributed by atoms with Crippen LogP contribution in [0, 0.1) is 5.41 Å². The molecule has 0 aliphatic rings. The maximum atomic E-state index is 12.2. The lowest BCUT2D eigenvalue weighted by Crippen LogP contribution is -2.36. The minimum absolute atomic E-state index is 0.0900. The second-order valence-electron chi connectivity index (χ2n) is 6.83. The maximum Gasteiger partial charge on any atom is 0.226 e. The van der Waals surface area contributed by atoms with E-state index in [2.05, 4.69) is 10.6 Å². The first kappa shape index (κ1) is 19.8. The quantitative estimate of drug-likeness (QED) is 0.775. The molecule has 0 bridgehead atoms. The Morgan fingerprint density at radius 1 is 1.00 bits per heavy atom. The summed E-state index contributed by atoms with van der Waals surface area (Å²) in [5, 5.41) is 6.04. The Bertz CT molecular complexity index is 785. The number of amides is 2. The largest absolute Gasteiger partial charge is 0.454 e.